The molecule has 2 aromatic rings. The molecule has 2 aromatic carbocycles. The normalized spacial score (nSPS) is 9.87. The topological polar surface area (TPSA) is 107 Å². The fourth-order valence-electron chi connectivity index (χ4n) is 2.45. The predicted molar refractivity (Wildman–Crippen MR) is 114 cm³/mol. The molecule has 0 saturated heterocycles. The van der Waals surface area contributed by atoms with Gasteiger partial charge in [-0.1, -0.05) is 18.2 Å². The average Bonchev–Trinajstić information content (AvgIpc) is 2.75. The van der Waals surface area contributed by atoms with Crippen LogP contribution >= 0.6 is 12.2 Å². The maximum Gasteiger partial charge on any atom is 0.269 e. The van der Waals surface area contributed by atoms with Gasteiger partial charge in [0, 0.05) is 5.56 Å². The van der Waals surface area contributed by atoms with Gasteiger partial charge < -0.3 is 18.9 Å². The van der Waals surface area contributed by atoms with Gasteiger partial charge in [-0.2, -0.15) is 0 Å². The van der Waals surface area contributed by atoms with Crippen LogP contribution in [0.2, 0.25) is 0 Å². The largest absolute Gasteiger partial charge is 0.493 e. The lowest BCUT2D eigenvalue weighted by molar-refractivity contribution is -0.121. The lowest BCUT2D eigenvalue weighted by atomic mass is 10.1. The van der Waals surface area contributed by atoms with Crippen molar-refractivity contribution in [1.29, 1.82) is 0 Å². The lowest BCUT2D eigenvalue weighted by Crippen LogP contribution is -2.49. The van der Waals surface area contributed by atoms with Gasteiger partial charge in [0.05, 0.1) is 21.3 Å². The number of amides is 2. The second-order valence-corrected chi connectivity index (χ2v) is 6.33. The Morgan fingerprint density at radius 3 is 2.13 bits per heavy atom. The minimum absolute atomic E-state index is 0.0887. The molecule has 0 aliphatic rings. The monoisotopic (exact) mass is 433 g/mol. The Balaban J connectivity index is 1.89. The van der Waals surface area contributed by atoms with E-state index < -0.39 is 11.8 Å². The zero-order valence-corrected chi connectivity index (χ0v) is 17.8. The maximum atomic E-state index is 12.4. The van der Waals surface area contributed by atoms with Crippen LogP contribution in [0, 0.1) is 6.92 Å². The molecule has 0 unspecified atom stereocenters. The number of hydrogen-bond donors (Lipinski definition) is 3. The molecule has 3 N–H and O–H groups in total. The summed E-state index contributed by atoms with van der Waals surface area (Å²) >= 11 is 5.01. The van der Waals surface area contributed by atoms with Gasteiger partial charge >= 0.3 is 0 Å². The first kappa shape index (κ1) is 22.8. The van der Waals surface area contributed by atoms with Crippen LogP contribution < -0.4 is 35.1 Å². The van der Waals surface area contributed by atoms with Crippen molar-refractivity contribution in [2.24, 2.45) is 0 Å². The van der Waals surface area contributed by atoms with Gasteiger partial charge in [-0.15, -0.1) is 0 Å². The van der Waals surface area contributed by atoms with Gasteiger partial charge in [0.25, 0.3) is 11.8 Å². The van der Waals surface area contributed by atoms with E-state index in [9.17, 15) is 9.59 Å². The van der Waals surface area contributed by atoms with Gasteiger partial charge in [-0.25, -0.2) is 0 Å². The molecule has 0 atom stereocenters. The summed E-state index contributed by atoms with van der Waals surface area (Å²) in [6.45, 7) is 1.64. The molecular formula is C20H23N3O6S. The summed E-state index contributed by atoms with van der Waals surface area (Å²) in [5, 5.41) is 2.32. The molecule has 0 bridgehead atoms. The summed E-state index contributed by atoms with van der Waals surface area (Å²) < 4.78 is 21.1. The smallest absolute Gasteiger partial charge is 0.269 e. The van der Waals surface area contributed by atoms with Crippen LogP contribution in [0.3, 0.4) is 0 Å². The van der Waals surface area contributed by atoms with Crippen molar-refractivity contribution >= 4 is 29.1 Å². The average molecular weight is 433 g/mol. The molecule has 2 rings (SSSR count). The maximum absolute atomic E-state index is 12.4. The number of benzene rings is 2. The molecule has 9 nitrogen and oxygen atoms in total. The van der Waals surface area contributed by atoms with Crippen molar-refractivity contribution in [1.82, 2.24) is 16.2 Å². The third-order valence-electron chi connectivity index (χ3n) is 3.92. The summed E-state index contributed by atoms with van der Waals surface area (Å²) in [6.07, 6.45) is 0. The fourth-order valence-corrected chi connectivity index (χ4v) is 2.62. The molecule has 0 aliphatic heterocycles. The molecule has 0 spiro atoms. The van der Waals surface area contributed by atoms with Crippen LogP contribution in [0.1, 0.15) is 15.9 Å². The number of carbonyl (C=O) groups is 2. The van der Waals surface area contributed by atoms with Crippen molar-refractivity contribution in [2.75, 3.05) is 27.9 Å². The van der Waals surface area contributed by atoms with Crippen molar-refractivity contribution in [3.63, 3.8) is 0 Å². The van der Waals surface area contributed by atoms with Gasteiger partial charge in [0.15, 0.2) is 23.2 Å². The van der Waals surface area contributed by atoms with E-state index in [2.05, 4.69) is 16.2 Å². The standard InChI is InChI=1S/C20H23N3O6S/c1-12-7-5-6-8-14(12)29-11-17(24)21-20(30)23-22-19(25)13-9-15(26-2)18(28-4)16(10-13)27-3/h5-10H,11H2,1-4H3,(H,22,25)(H2,21,23,24,30). The molecule has 0 saturated carbocycles. The number of hydrogen-bond acceptors (Lipinski definition) is 7. The minimum Gasteiger partial charge on any atom is -0.493 e. The molecule has 0 heterocycles. The van der Waals surface area contributed by atoms with Crippen molar-refractivity contribution in [3.8, 4) is 23.0 Å². The fraction of sp³-hybridized carbons (Fsp3) is 0.250. The number of methoxy groups -OCH3 is 3. The third kappa shape index (κ3) is 5.98. The number of thiocarbonyl (C=S) groups is 1. The Hall–Kier alpha value is -3.53. The molecule has 0 aromatic heterocycles. The van der Waals surface area contributed by atoms with Gasteiger partial charge in [-0.3, -0.25) is 25.8 Å². The number of rotatable bonds is 7. The molecule has 0 aliphatic carbocycles. The Morgan fingerprint density at radius 2 is 1.57 bits per heavy atom. The number of ether oxygens (including phenoxy) is 4. The number of para-hydroxylation sites is 1. The number of carbonyl (C=O) groups excluding carboxylic acids is 2. The van der Waals surface area contributed by atoms with E-state index in [-0.39, 0.29) is 17.3 Å². The first-order valence-electron chi connectivity index (χ1n) is 8.78. The van der Waals surface area contributed by atoms with E-state index in [1.165, 1.54) is 33.5 Å². The Labute approximate surface area is 179 Å². The summed E-state index contributed by atoms with van der Waals surface area (Å²) in [5.41, 5.74) is 5.98. The van der Waals surface area contributed by atoms with E-state index in [1.807, 2.05) is 25.1 Å². The highest BCUT2D eigenvalue weighted by Crippen LogP contribution is 2.38. The molecule has 0 radical (unpaired) electrons. The highest BCUT2D eigenvalue weighted by atomic mass is 32.1. The Bertz CT molecular complexity index is 910. The molecule has 2 amide bonds. The summed E-state index contributed by atoms with van der Waals surface area (Å²) in [7, 11) is 4.35. The summed E-state index contributed by atoms with van der Waals surface area (Å²) in [6, 6.07) is 10.3. The van der Waals surface area contributed by atoms with Crippen molar-refractivity contribution in [3.05, 3.63) is 47.5 Å². The van der Waals surface area contributed by atoms with E-state index in [0.717, 1.165) is 5.56 Å². The zero-order valence-electron chi connectivity index (χ0n) is 17.0. The van der Waals surface area contributed by atoms with Gasteiger partial charge in [0.2, 0.25) is 5.75 Å². The number of nitrogens with one attached hydrogen (secondary N) is 3. The predicted octanol–water partition coefficient (Wildman–Crippen LogP) is 1.74. The molecule has 0 fully saturated rings. The highest BCUT2D eigenvalue weighted by molar-refractivity contribution is 7.80. The summed E-state index contributed by atoms with van der Waals surface area (Å²) in [5.74, 6) is 0.612. The number of hydrazine groups is 1. The van der Waals surface area contributed by atoms with Gasteiger partial charge in [0.1, 0.15) is 5.75 Å². The molecule has 30 heavy (non-hydrogen) atoms. The van der Waals surface area contributed by atoms with Crippen LogP contribution in [-0.4, -0.2) is 44.9 Å². The number of aryl methyl sites for hydroxylation is 1. The molecular weight excluding hydrogens is 410 g/mol. The van der Waals surface area contributed by atoms with Crippen LogP contribution in [0.4, 0.5) is 0 Å². The van der Waals surface area contributed by atoms with E-state index in [4.69, 9.17) is 31.2 Å². The first-order chi connectivity index (χ1) is 14.4. The van der Waals surface area contributed by atoms with Crippen LogP contribution in [-0.2, 0) is 4.79 Å². The Kier molecular flexibility index (Phi) is 8.24. The highest BCUT2D eigenvalue weighted by Gasteiger charge is 2.17. The second kappa shape index (κ2) is 10.9. The Morgan fingerprint density at radius 1 is 0.933 bits per heavy atom. The van der Waals surface area contributed by atoms with E-state index >= 15 is 0 Å². The molecule has 10 heteroatoms. The van der Waals surface area contributed by atoms with Crippen LogP contribution in [0.15, 0.2) is 36.4 Å². The third-order valence-corrected chi connectivity index (χ3v) is 4.13. The SMILES string of the molecule is COc1cc(C(=O)NNC(=S)NC(=O)COc2ccccc2C)cc(OC)c1OC. The lowest BCUT2D eigenvalue weighted by Gasteiger charge is -2.15. The van der Waals surface area contributed by atoms with E-state index in [0.29, 0.717) is 23.0 Å². The molecule has 160 valence electrons. The van der Waals surface area contributed by atoms with Crippen LogP contribution in [0.25, 0.3) is 0 Å². The quantitative estimate of drug-likeness (QED) is 0.448. The minimum atomic E-state index is -0.526. The zero-order chi connectivity index (χ0) is 22.1. The second-order valence-electron chi connectivity index (χ2n) is 5.92. The first-order valence-corrected chi connectivity index (χ1v) is 9.19. The van der Waals surface area contributed by atoms with E-state index in [1.54, 1.807) is 6.07 Å². The van der Waals surface area contributed by atoms with Crippen molar-refractivity contribution in [2.45, 2.75) is 6.92 Å². The van der Waals surface area contributed by atoms with Crippen molar-refractivity contribution < 1.29 is 28.5 Å². The van der Waals surface area contributed by atoms with Crippen LogP contribution in [0.5, 0.6) is 23.0 Å². The summed E-state index contributed by atoms with van der Waals surface area (Å²) in [4.78, 5) is 24.4. The van der Waals surface area contributed by atoms with Gasteiger partial charge in [-0.05, 0) is 42.9 Å².